The Bertz CT molecular complexity index is 242. The van der Waals surface area contributed by atoms with E-state index < -0.39 is 0 Å². The molecule has 1 unspecified atom stereocenters. The summed E-state index contributed by atoms with van der Waals surface area (Å²) in [5.74, 6) is 0.808. The van der Waals surface area contributed by atoms with Crippen molar-refractivity contribution in [2.24, 2.45) is 7.05 Å². The maximum Gasteiger partial charge on any atom is 0.174 e. The molecule has 1 aliphatic rings. The van der Waals surface area contributed by atoms with E-state index in [0.29, 0.717) is 6.10 Å². The van der Waals surface area contributed by atoms with Gasteiger partial charge in [-0.25, -0.2) is 0 Å². The highest BCUT2D eigenvalue weighted by molar-refractivity contribution is 4.81. The van der Waals surface area contributed by atoms with Crippen LogP contribution in [0, 0.1) is 0 Å². The van der Waals surface area contributed by atoms with Gasteiger partial charge in [-0.05, 0) is 11.6 Å². The first-order valence-electron chi connectivity index (χ1n) is 3.69. The highest BCUT2D eigenvalue weighted by Crippen LogP contribution is 2.14. The minimum atomic E-state index is 0.457. The van der Waals surface area contributed by atoms with Crippen molar-refractivity contribution < 1.29 is 4.74 Å². The fourth-order valence-corrected chi connectivity index (χ4v) is 0.948. The molecule has 11 heavy (non-hydrogen) atoms. The second-order valence-electron chi connectivity index (χ2n) is 2.69. The molecule has 1 fully saturated rings. The Morgan fingerprint density at radius 2 is 2.55 bits per heavy atom. The van der Waals surface area contributed by atoms with Crippen LogP contribution < -0.4 is 0 Å². The van der Waals surface area contributed by atoms with Gasteiger partial charge >= 0.3 is 0 Å². The van der Waals surface area contributed by atoms with Crippen LogP contribution in [0.3, 0.4) is 0 Å². The molecule has 2 rings (SSSR count). The van der Waals surface area contributed by atoms with Gasteiger partial charge in [0.1, 0.15) is 0 Å². The lowest BCUT2D eigenvalue weighted by Crippen LogP contribution is -1.95. The lowest BCUT2D eigenvalue weighted by Gasteiger charge is -1.87. The largest absolute Gasteiger partial charge is 0.373 e. The first kappa shape index (κ1) is 6.72. The van der Waals surface area contributed by atoms with Gasteiger partial charge in [0.15, 0.2) is 5.82 Å². The van der Waals surface area contributed by atoms with Gasteiger partial charge in [-0.3, -0.25) is 0 Å². The van der Waals surface area contributed by atoms with Crippen LogP contribution in [0.2, 0.25) is 0 Å². The molecule has 1 aromatic heterocycles. The van der Waals surface area contributed by atoms with E-state index >= 15 is 0 Å². The summed E-state index contributed by atoms with van der Waals surface area (Å²) in [5.41, 5.74) is 0. The predicted octanol–water partition coefficient (Wildman–Crippen LogP) is -0.459. The Morgan fingerprint density at radius 3 is 3.09 bits per heavy atom. The minimum Gasteiger partial charge on any atom is -0.373 e. The van der Waals surface area contributed by atoms with Crippen molar-refractivity contribution in [1.29, 1.82) is 0 Å². The van der Waals surface area contributed by atoms with E-state index in [-0.39, 0.29) is 0 Å². The Balaban J connectivity index is 1.85. The number of nitrogens with zero attached hydrogens (tertiary/aromatic N) is 4. The predicted molar refractivity (Wildman–Crippen MR) is 36.9 cm³/mol. The van der Waals surface area contributed by atoms with Crippen LogP contribution in [0.4, 0.5) is 0 Å². The molecule has 1 saturated heterocycles. The molecule has 0 bridgehead atoms. The topological polar surface area (TPSA) is 56.1 Å². The Kier molecular flexibility index (Phi) is 1.58. The summed E-state index contributed by atoms with van der Waals surface area (Å²) >= 11 is 0. The van der Waals surface area contributed by atoms with Crippen molar-refractivity contribution in [3.8, 4) is 0 Å². The van der Waals surface area contributed by atoms with Gasteiger partial charge in [0, 0.05) is 6.42 Å². The van der Waals surface area contributed by atoms with E-state index in [0.717, 1.165) is 25.3 Å². The Labute approximate surface area is 64.3 Å². The van der Waals surface area contributed by atoms with E-state index in [1.807, 2.05) is 0 Å². The molecule has 0 N–H and O–H groups in total. The number of hydrogen-bond acceptors (Lipinski definition) is 4. The van der Waals surface area contributed by atoms with Crippen LogP contribution in [0.1, 0.15) is 12.2 Å². The number of rotatable bonds is 3. The fraction of sp³-hybridized carbons (Fsp3) is 0.833. The van der Waals surface area contributed by atoms with E-state index in [1.165, 1.54) is 4.80 Å². The standard InChI is InChI=1S/C6H10N4O/c1-10-8-6(7-9-10)3-2-5-4-11-5/h5H,2-4H2,1H3. The lowest BCUT2D eigenvalue weighted by molar-refractivity contribution is 0.395. The molecule has 60 valence electrons. The van der Waals surface area contributed by atoms with Crippen molar-refractivity contribution in [1.82, 2.24) is 20.2 Å². The van der Waals surface area contributed by atoms with Crippen LogP contribution in [-0.4, -0.2) is 32.9 Å². The molecule has 5 heteroatoms. The summed E-state index contributed by atoms with van der Waals surface area (Å²) in [6.45, 7) is 0.903. The summed E-state index contributed by atoms with van der Waals surface area (Å²) < 4.78 is 5.05. The molecular formula is C6H10N4O. The zero-order chi connectivity index (χ0) is 7.68. The molecule has 0 radical (unpaired) electrons. The monoisotopic (exact) mass is 154 g/mol. The first-order valence-corrected chi connectivity index (χ1v) is 3.69. The zero-order valence-electron chi connectivity index (χ0n) is 6.40. The third-order valence-corrected chi connectivity index (χ3v) is 1.64. The summed E-state index contributed by atoms with van der Waals surface area (Å²) in [6, 6.07) is 0. The summed E-state index contributed by atoms with van der Waals surface area (Å²) in [7, 11) is 1.77. The van der Waals surface area contributed by atoms with Gasteiger partial charge in [-0.1, -0.05) is 0 Å². The molecule has 0 spiro atoms. The van der Waals surface area contributed by atoms with Crippen LogP contribution in [0.25, 0.3) is 0 Å². The van der Waals surface area contributed by atoms with Crippen molar-refractivity contribution in [3.63, 3.8) is 0 Å². The van der Waals surface area contributed by atoms with E-state index in [9.17, 15) is 0 Å². The average molecular weight is 154 g/mol. The highest BCUT2D eigenvalue weighted by atomic mass is 16.6. The molecular weight excluding hydrogens is 144 g/mol. The summed E-state index contributed by atoms with van der Waals surface area (Å²) in [5, 5.41) is 11.6. The summed E-state index contributed by atoms with van der Waals surface area (Å²) in [6.07, 6.45) is 2.35. The van der Waals surface area contributed by atoms with E-state index in [4.69, 9.17) is 4.74 Å². The van der Waals surface area contributed by atoms with Crippen molar-refractivity contribution >= 4 is 0 Å². The molecule has 0 amide bonds. The van der Waals surface area contributed by atoms with Crippen molar-refractivity contribution in [3.05, 3.63) is 5.82 Å². The van der Waals surface area contributed by atoms with Gasteiger partial charge < -0.3 is 4.74 Å². The number of tetrazole rings is 1. The molecule has 1 aliphatic heterocycles. The third kappa shape index (κ3) is 1.74. The summed E-state index contributed by atoms with van der Waals surface area (Å²) in [4.78, 5) is 1.48. The smallest absolute Gasteiger partial charge is 0.174 e. The number of epoxide rings is 1. The molecule has 5 nitrogen and oxygen atoms in total. The second-order valence-corrected chi connectivity index (χ2v) is 2.69. The molecule has 0 aromatic carbocycles. The average Bonchev–Trinajstić information content (AvgIpc) is 2.72. The van der Waals surface area contributed by atoms with Crippen LogP contribution in [0.15, 0.2) is 0 Å². The molecule has 0 saturated carbocycles. The number of aryl methyl sites for hydroxylation is 2. The minimum absolute atomic E-state index is 0.457. The number of ether oxygens (including phenoxy) is 1. The zero-order valence-corrected chi connectivity index (χ0v) is 6.40. The van der Waals surface area contributed by atoms with Crippen molar-refractivity contribution in [2.45, 2.75) is 18.9 Å². The van der Waals surface area contributed by atoms with Gasteiger partial charge in [-0.2, -0.15) is 4.80 Å². The first-order chi connectivity index (χ1) is 5.34. The number of hydrogen-bond donors (Lipinski definition) is 0. The Morgan fingerprint density at radius 1 is 1.73 bits per heavy atom. The Hall–Kier alpha value is -0.970. The van der Waals surface area contributed by atoms with E-state index in [2.05, 4.69) is 15.4 Å². The molecule has 0 aliphatic carbocycles. The molecule has 1 aromatic rings. The maximum absolute atomic E-state index is 5.05. The van der Waals surface area contributed by atoms with E-state index in [1.54, 1.807) is 7.05 Å². The van der Waals surface area contributed by atoms with Crippen LogP contribution in [-0.2, 0) is 18.2 Å². The second kappa shape index (κ2) is 2.58. The van der Waals surface area contributed by atoms with Crippen LogP contribution >= 0.6 is 0 Å². The lowest BCUT2D eigenvalue weighted by atomic mass is 10.2. The quantitative estimate of drug-likeness (QED) is 0.553. The number of aromatic nitrogens is 4. The van der Waals surface area contributed by atoms with Gasteiger partial charge in [-0.15, -0.1) is 10.2 Å². The SMILES string of the molecule is Cn1nnc(CCC2CO2)n1. The normalized spacial score (nSPS) is 22.1. The van der Waals surface area contributed by atoms with Gasteiger partial charge in [0.05, 0.1) is 19.8 Å². The highest BCUT2D eigenvalue weighted by Gasteiger charge is 2.22. The third-order valence-electron chi connectivity index (χ3n) is 1.64. The van der Waals surface area contributed by atoms with Crippen molar-refractivity contribution in [2.75, 3.05) is 6.61 Å². The molecule has 1 atom stereocenters. The molecule has 2 heterocycles. The van der Waals surface area contributed by atoms with Gasteiger partial charge in [0.25, 0.3) is 0 Å². The van der Waals surface area contributed by atoms with Gasteiger partial charge in [0.2, 0.25) is 0 Å². The fourth-order valence-electron chi connectivity index (χ4n) is 0.948. The maximum atomic E-state index is 5.05. The van der Waals surface area contributed by atoms with Crippen LogP contribution in [0.5, 0.6) is 0 Å².